The molecule has 0 aliphatic carbocycles. The van der Waals surface area contributed by atoms with Crippen molar-refractivity contribution in [1.29, 1.82) is 0 Å². The first-order chi connectivity index (χ1) is 8.42. The SMILES string of the molecule is CCNC(C)(CN1CCN(C)C(C)C1)C(=O)OC. The number of nitrogens with zero attached hydrogens (tertiary/aromatic N) is 2. The fourth-order valence-electron chi connectivity index (χ4n) is 2.52. The van der Waals surface area contributed by atoms with Gasteiger partial charge < -0.3 is 15.0 Å². The lowest BCUT2D eigenvalue weighted by Gasteiger charge is -2.41. The van der Waals surface area contributed by atoms with E-state index in [1.807, 2.05) is 13.8 Å². The average Bonchev–Trinajstić information content (AvgIpc) is 2.33. The molecule has 1 aliphatic heterocycles. The van der Waals surface area contributed by atoms with E-state index >= 15 is 0 Å². The van der Waals surface area contributed by atoms with Gasteiger partial charge in [-0.1, -0.05) is 6.92 Å². The van der Waals surface area contributed by atoms with Crippen LogP contribution < -0.4 is 5.32 Å². The Morgan fingerprint density at radius 3 is 2.67 bits per heavy atom. The molecule has 2 atom stereocenters. The van der Waals surface area contributed by atoms with Crippen molar-refractivity contribution < 1.29 is 9.53 Å². The molecule has 0 bridgehead atoms. The third-order valence-corrected chi connectivity index (χ3v) is 3.79. The minimum atomic E-state index is -0.612. The first kappa shape index (κ1) is 15.4. The summed E-state index contributed by atoms with van der Waals surface area (Å²) in [5.74, 6) is -0.184. The molecule has 0 amide bonds. The van der Waals surface area contributed by atoms with Gasteiger partial charge in [0, 0.05) is 32.2 Å². The van der Waals surface area contributed by atoms with Gasteiger partial charge in [-0.15, -0.1) is 0 Å². The minimum Gasteiger partial charge on any atom is -0.468 e. The van der Waals surface area contributed by atoms with Gasteiger partial charge in [-0.3, -0.25) is 9.69 Å². The number of hydrogen-bond acceptors (Lipinski definition) is 5. The van der Waals surface area contributed by atoms with E-state index in [0.29, 0.717) is 12.6 Å². The van der Waals surface area contributed by atoms with Crippen LogP contribution in [-0.2, 0) is 9.53 Å². The summed E-state index contributed by atoms with van der Waals surface area (Å²) >= 11 is 0. The van der Waals surface area contributed by atoms with Crippen molar-refractivity contribution in [2.24, 2.45) is 0 Å². The summed E-state index contributed by atoms with van der Waals surface area (Å²) in [4.78, 5) is 16.6. The molecule has 1 fully saturated rings. The highest BCUT2D eigenvalue weighted by atomic mass is 16.5. The number of rotatable bonds is 5. The van der Waals surface area contributed by atoms with Crippen molar-refractivity contribution in [3.63, 3.8) is 0 Å². The quantitative estimate of drug-likeness (QED) is 0.711. The van der Waals surface area contributed by atoms with Crippen molar-refractivity contribution in [1.82, 2.24) is 15.1 Å². The monoisotopic (exact) mass is 257 g/mol. The topological polar surface area (TPSA) is 44.8 Å². The highest BCUT2D eigenvalue weighted by Crippen LogP contribution is 2.13. The van der Waals surface area contributed by atoms with Crippen LogP contribution in [0.4, 0.5) is 0 Å². The third-order valence-electron chi connectivity index (χ3n) is 3.79. The van der Waals surface area contributed by atoms with Crippen LogP contribution in [-0.4, -0.2) is 74.2 Å². The minimum absolute atomic E-state index is 0.184. The van der Waals surface area contributed by atoms with Gasteiger partial charge in [-0.2, -0.15) is 0 Å². The number of nitrogens with one attached hydrogen (secondary N) is 1. The molecule has 0 aromatic carbocycles. The van der Waals surface area contributed by atoms with Crippen LogP contribution in [0.5, 0.6) is 0 Å². The molecule has 1 saturated heterocycles. The zero-order valence-corrected chi connectivity index (χ0v) is 12.3. The Morgan fingerprint density at radius 1 is 1.50 bits per heavy atom. The largest absolute Gasteiger partial charge is 0.468 e. The fourth-order valence-corrected chi connectivity index (χ4v) is 2.52. The van der Waals surface area contributed by atoms with E-state index in [1.54, 1.807) is 0 Å². The van der Waals surface area contributed by atoms with E-state index in [1.165, 1.54) is 7.11 Å². The van der Waals surface area contributed by atoms with E-state index < -0.39 is 5.54 Å². The molecule has 0 radical (unpaired) electrons. The summed E-state index contributed by atoms with van der Waals surface area (Å²) in [7, 11) is 3.59. The highest BCUT2D eigenvalue weighted by Gasteiger charge is 2.36. The number of methoxy groups -OCH3 is 1. The fraction of sp³-hybridized carbons (Fsp3) is 0.923. The zero-order chi connectivity index (χ0) is 13.8. The number of piperazine rings is 1. The molecule has 5 heteroatoms. The summed E-state index contributed by atoms with van der Waals surface area (Å²) in [5, 5.41) is 3.25. The maximum absolute atomic E-state index is 11.9. The van der Waals surface area contributed by atoms with Crippen LogP contribution in [0.2, 0.25) is 0 Å². The van der Waals surface area contributed by atoms with Gasteiger partial charge in [0.05, 0.1) is 7.11 Å². The normalized spacial score (nSPS) is 25.7. The van der Waals surface area contributed by atoms with Crippen LogP contribution in [0.15, 0.2) is 0 Å². The Hall–Kier alpha value is -0.650. The molecule has 18 heavy (non-hydrogen) atoms. The van der Waals surface area contributed by atoms with E-state index in [9.17, 15) is 4.79 Å². The van der Waals surface area contributed by atoms with Crippen molar-refractivity contribution in [2.45, 2.75) is 32.4 Å². The van der Waals surface area contributed by atoms with Gasteiger partial charge >= 0.3 is 5.97 Å². The first-order valence-corrected chi connectivity index (χ1v) is 6.69. The molecule has 0 aromatic heterocycles. The van der Waals surface area contributed by atoms with Crippen molar-refractivity contribution in [3.8, 4) is 0 Å². The Kier molecular flexibility index (Phi) is 5.56. The lowest BCUT2D eigenvalue weighted by Crippen LogP contribution is -2.61. The molecule has 1 N–H and O–H groups in total. The van der Waals surface area contributed by atoms with Crippen LogP contribution in [0.1, 0.15) is 20.8 Å². The van der Waals surface area contributed by atoms with Gasteiger partial charge in [0.15, 0.2) is 0 Å². The predicted octanol–water partition coefficient (Wildman–Crippen LogP) is 0.164. The second-order valence-corrected chi connectivity index (χ2v) is 5.42. The summed E-state index contributed by atoms with van der Waals surface area (Å²) < 4.78 is 4.92. The molecule has 2 unspecified atom stereocenters. The van der Waals surface area contributed by atoms with Crippen LogP contribution in [0.25, 0.3) is 0 Å². The molecule has 5 nitrogen and oxygen atoms in total. The van der Waals surface area contributed by atoms with Gasteiger partial charge in [-0.05, 0) is 27.4 Å². The number of likely N-dealkylation sites (N-methyl/N-ethyl adjacent to an activating group) is 2. The number of hydrogen-bond donors (Lipinski definition) is 1. The average molecular weight is 257 g/mol. The van der Waals surface area contributed by atoms with Crippen molar-refractivity contribution in [2.75, 3.05) is 46.9 Å². The molecule has 0 aromatic rings. The second kappa shape index (κ2) is 6.50. The van der Waals surface area contributed by atoms with Gasteiger partial charge in [0.2, 0.25) is 0 Å². The number of carbonyl (C=O) groups is 1. The number of carbonyl (C=O) groups excluding carboxylic acids is 1. The van der Waals surface area contributed by atoms with Gasteiger partial charge in [0.1, 0.15) is 5.54 Å². The highest BCUT2D eigenvalue weighted by molar-refractivity contribution is 5.80. The molecule has 1 heterocycles. The van der Waals surface area contributed by atoms with E-state index in [2.05, 4.69) is 29.1 Å². The van der Waals surface area contributed by atoms with Crippen LogP contribution in [0, 0.1) is 0 Å². The smallest absolute Gasteiger partial charge is 0.327 e. The molecule has 0 saturated carbocycles. The summed E-state index contributed by atoms with van der Waals surface area (Å²) in [5.41, 5.74) is -0.612. The Morgan fingerprint density at radius 2 is 2.17 bits per heavy atom. The van der Waals surface area contributed by atoms with E-state index in [0.717, 1.165) is 26.2 Å². The summed E-state index contributed by atoms with van der Waals surface area (Å²) in [6.07, 6.45) is 0. The lowest BCUT2D eigenvalue weighted by atomic mass is 10.0. The number of esters is 1. The maximum Gasteiger partial charge on any atom is 0.327 e. The van der Waals surface area contributed by atoms with Crippen molar-refractivity contribution in [3.05, 3.63) is 0 Å². The molecular formula is C13H27N3O2. The van der Waals surface area contributed by atoms with E-state index in [-0.39, 0.29) is 5.97 Å². The third kappa shape index (κ3) is 3.67. The first-order valence-electron chi connectivity index (χ1n) is 6.69. The Labute approximate surface area is 110 Å². The molecule has 0 spiro atoms. The Balaban J connectivity index is 2.64. The molecule has 1 rings (SSSR count). The molecule has 1 aliphatic rings. The lowest BCUT2D eigenvalue weighted by molar-refractivity contribution is -0.149. The standard InChI is InChI=1S/C13H27N3O2/c1-6-14-13(3,12(17)18-5)10-16-8-7-15(4)11(2)9-16/h11,14H,6-10H2,1-5H3. The zero-order valence-electron chi connectivity index (χ0n) is 12.3. The van der Waals surface area contributed by atoms with Crippen molar-refractivity contribution >= 4 is 5.97 Å². The Bertz CT molecular complexity index is 285. The molecule has 106 valence electrons. The molecular weight excluding hydrogens is 230 g/mol. The van der Waals surface area contributed by atoms with Gasteiger partial charge in [-0.25, -0.2) is 0 Å². The van der Waals surface area contributed by atoms with Gasteiger partial charge in [0.25, 0.3) is 0 Å². The van der Waals surface area contributed by atoms with Crippen LogP contribution >= 0.6 is 0 Å². The summed E-state index contributed by atoms with van der Waals surface area (Å²) in [6, 6.07) is 0.530. The number of ether oxygens (including phenoxy) is 1. The maximum atomic E-state index is 11.9. The van der Waals surface area contributed by atoms with Crippen LogP contribution in [0.3, 0.4) is 0 Å². The van der Waals surface area contributed by atoms with E-state index in [4.69, 9.17) is 4.74 Å². The second-order valence-electron chi connectivity index (χ2n) is 5.42. The predicted molar refractivity (Wildman–Crippen MR) is 72.6 cm³/mol. The summed E-state index contributed by atoms with van der Waals surface area (Å²) in [6.45, 7) is 10.6.